The van der Waals surface area contributed by atoms with Gasteiger partial charge in [0, 0.05) is 16.3 Å². The minimum atomic E-state index is 0.000770. The van der Waals surface area contributed by atoms with Gasteiger partial charge in [0.2, 0.25) is 0 Å². The molecule has 116 valence electrons. The first-order valence-corrected chi connectivity index (χ1v) is 7.79. The normalized spacial score (nSPS) is 12.0. The zero-order chi connectivity index (χ0) is 16.1. The van der Waals surface area contributed by atoms with Crippen molar-refractivity contribution in [2.24, 2.45) is 0 Å². The van der Waals surface area contributed by atoms with Crippen LogP contribution < -0.4 is 10.6 Å². The Bertz CT molecular complexity index is 670. The summed E-state index contributed by atoms with van der Waals surface area (Å²) < 4.78 is 0. The molecule has 0 aliphatic rings. The Morgan fingerprint density at radius 3 is 2.68 bits per heavy atom. The van der Waals surface area contributed by atoms with Crippen LogP contribution in [-0.2, 0) is 4.79 Å². The molecule has 3 nitrogen and oxygen atoms in total. The van der Waals surface area contributed by atoms with Crippen molar-refractivity contribution < 1.29 is 10.1 Å². The second-order valence-corrected chi connectivity index (χ2v) is 6.09. The molecule has 0 heterocycles. The topological polar surface area (TPSA) is 45.7 Å². The number of quaternary nitrogens is 1. The third-order valence-corrected chi connectivity index (χ3v) is 3.92. The van der Waals surface area contributed by atoms with E-state index in [-0.39, 0.29) is 11.9 Å². The number of halogens is 1. The van der Waals surface area contributed by atoms with E-state index < -0.39 is 0 Å². The van der Waals surface area contributed by atoms with Crippen molar-refractivity contribution in [3.8, 4) is 0 Å². The molecule has 1 amide bonds. The number of amides is 1. The van der Waals surface area contributed by atoms with E-state index in [4.69, 9.17) is 11.6 Å². The fraction of sp³-hybridized carbons (Fsp3) is 0.278. The predicted octanol–water partition coefficient (Wildman–Crippen LogP) is 3.22. The van der Waals surface area contributed by atoms with Crippen molar-refractivity contribution in [1.29, 1.82) is 0 Å². The van der Waals surface area contributed by atoms with E-state index in [0.717, 1.165) is 21.8 Å². The lowest BCUT2D eigenvalue weighted by Gasteiger charge is -2.12. The smallest absolute Gasteiger partial charge is 0.279 e. The third kappa shape index (κ3) is 4.58. The SMILES string of the molecule is Cc1ccc(NC(=O)C[NH2+][C@H](C)c2cccc(Cl)c2)c(C)c1. The summed E-state index contributed by atoms with van der Waals surface area (Å²) in [6.45, 7) is 6.48. The van der Waals surface area contributed by atoms with Crippen LogP contribution in [0.15, 0.2) is 42.5 Å². The first kappa shape index (κ1) is 16.5. The average Bonchev–Trinajstić information content (AvgIpc) is 2.47. The standard InChI is InChI=1S/C18H21ClN2O/c1-12-7-8-17(13(2)9-12)21-18(22)11-20-14(3)15-5-4-6-16(19)10-15/h4-10,14,20H,11H2,1-3H3,(H,21,22)/p+1/t14-/m1/s1. The summed E-state index contributed by atoms with van der Waals surface area (Å²) in [7, 11) is 0. The summed E-state index contributed by atoms with van der Waals surface area (Å²) >= 11 is 6.00. The second kappa shape index (κ2) is 7.43. The molecule has 0 saturated carbocycles. The molecule has 0 spiro atoms. The number of anilines is 1. The fourth-order valence-corrected chi connectivity index (χ4v) is 2.56. The molecule has 0 aliphatic heterocycles. The van der Waals surface area contributed by atoms with Crippen LogP contribution >= 0.6 is 11.6 Å². The van der Waals surface area contributed by atoms with Crippen LogP contribution in [0, 0.1) is 13.8 Å². The number of nitrogens with one attached hydrogen (secondary N) is 1. The number of carbonyl (C=O) groups is 1. The molecule has 3 N–H and O–H groups in total. The molecule has 0 aromatic heterocycles. The highest BCUT2D eigenvalue weighted by Gasteiger charge is 2.12. The van der Waals surface area contributed by atoms with E-state index >= 15 is 0 Å². The molecule has 4 heteroatoms. The van der Waals surface area contributed by atoms with E-state index in [1.165, 1.54) is 5.56 Å². The molecule has 2 rings (SSSR count). The summed E-state index contributed by atoms with van der Waals surface area (Å²) in [5, 5.41) is 5.68. The van der Waals surface area contributed by atoms with E-state index in [0.29, 0.717) is 6.54 Å². The van der Waals surface area contributed by atoms with Gasteiger partial charge in [0.15, 0.2) is 6.54 Å². The molecular weight excluding hydrogens is 296 g/mol. The van der Waals surface area contributed by atoms with Crippen molar-refractivity contribution in [2.45, 2.75) is 26.8 Å². The highest BCUT2D eigenvalue weighted by Crippen LogP contribution is 2.16. The van der Waals surface area contributed by atoms with Gasteiger partial charge < -0.3 is 10.6 Å². The van der Waals surface area contributed by atoms with Crippen LogP contribution in [0.3, 0.4) is 0 Å². The van der Waals surface area contributed by atoms with Crippen LogP contribution in [0.4, 0.5) is 5.69 Å². The largest absolute Gasteiger partial charge is 0.333 e. The molecule has 0 unspecified atom stereocenters. The molecule has 1 atom stereocenters. The number of carbonyl (C=O) groups excluding carboxylic acids is 1. The van der Waals surface area contributed by atoms with E-state index in [1.807, 2.05) is 55.6 Å². The summed E-state index contributed by atoms with van der Waals surface area (Å²) in [4.78, 5) is 12.1. The van der Waals surface area contributed by atoms with Gasteiger partial charge in [-0.05, 0) is 44.5 Å². The molecule has 0 bridgehead atoms. The number of hydrogen-bond acceptors (Lipinski definition) is 1. The summed E-state index contributed by atoms with van der Waals surface area (Å²) in [5.41, 5.74) is 4.26. The molecule has 0 radical (unpaired) electrons. The monoisotopic (exact) mass is 317 g/mol. The van der Waals surface area contributed by atoms with Gasteiger partial charge >= 0.3 is 0 Å². The maximum Gasteiger partial charge on any atom is 0.279 e. The number of benzene rings is 2. The van der Waals surface area contributed by atoms with Gasteiger partial charge in [-0.25, -0.2) is 0 Å². The fourth-order valence-electron chi connectivity index (χ4n) is 2.36. The molecule has 0 fully saturated rings. The first-order chi connectivity index (χ1) is 10.5. The maximum absolute atomic E-state index is 12.1. The summed E-state index contributed by atoms with van der Waals surface area (Å²) in [6, 6.07) is 13.9. The van der Waals surface area contributed by atoms with Crippen LogP contribution in [0.2, 0.25) is 5.02 Å². The quantitative estimate of drug-likeness (QED) is 0.874. The van der Waals surface area contributed by atoms with Gasteiger partial charge in [0.25, 0.3) is 5.91 Å². The van der Waals surface area contributed by atoms with Gasteiger partial charge in [-0.3, -0.25) is 4.79 Å². The second-order valence-electron chi connectivity index (χ2n) is 5.65. The van der Waals surface area contributed by atoms with Crippen LogP contribution in [0.25, 0.3) is 0 Å². The Hall–Kier alpha value is -1.84. The van der Waals surface area contributed by atoms with Crippen molar-refractivity contribution in [3.05, 3.63) is 64.2 Å². The van der Waals surface area contributed by atoms with E-state index in [9.17, 15) is 4.79 Å². The van der Waals surface area contributed by atoms with Crippen LogP contribution in [-0.4, -0.2) is 12.5 Å². The Labute approximate surface area is 136 Å². The van der Waals surface area contributed by atoms with Crippen molar-refractivity contribution in [1.82, 2.24) is 0 Å². The highest BCUT2D eigenvalue weighted by molar-refractivity contribution is 6.30. The van der Waals surface area contributed by atoms with Gasteiger partial charge in [0.1, 0.15) is 6.04 Å². The third-order valence-electron chi connectivity index (χ3n) is 3.69. The lowest BCUT2D eigenvalue weighted by molar-refractivity contribution is -0.682. The molecule has 0 aliphatic carbocycles. The minimum absolute atomic E-state index is 0.000770. The number of rotatable bonds is 5. The zero-order valence-corrected chi connectivity index (χ0v) is 13.9. The Balaban J connectivity index is 1.90. The first-order valence-electron chi connectivity index (χ1n) is 7.41. The van der Waals surface area contributed by atoms with Crippen LogP contribution in [0.1, 0.15) is 29.7 Å². The van der Waals surface area contributed by atoms with E-state index in [2.05, 4.69) is 18.3 Å². The van der Waals surface area contributed by atoms with E-state index in [1.54, 1.807) is 0 Å². The Morgan fingerprint density at radius 1 is 1.23 bits per heavy atom. The molecule has 22 heavy (non-hydrogen) atoms. The maximum atomic E-state index is 12.1. The Morgan fingerprint density at radius 2 is 2.00 bits per heavy atom. The number of aryl methyl sites for hydroxylation is 2. The minimum Gasteiger partial charge on any atom is -0.333 e. The van der Waals surface area contributed by atoms with Crippen molar-refractivity contribution in [2.75, 3.05) is 11.9 Å². The van der Waals surface area contributed by atoms with Crippen molar-refractivity contribution in [3.63, 3.8) is 0 Å². The predicted molar refractivity (Wildman–Crippen MR) is 91.2 cm³/mol. The molecule has 2 aromatic carbocycles. The highest BCUT2D eigenvalue weighted by atomic mass is 35.5. The zero-order valence-electron chi connectivity index (χ0n) is 13.2. The number of hydrogen-bond donors (Lipinski definition) is 2. The van der Waals surface area contributed by atoms with Gasteiger partial charge in [-0.1, -0.05) is 41.4 Å². The van der Waals surface area contributed by atoms with Gasteiger partial charge in [-0.2, -0.15) is 0 Å². The average molecular weight is 318 g/mol. The van der Waals surface area contributed by atoms with Crippen LogP contribution in [0.5, 0.6) is 0 Å². The van der Waals surface area contributed by atoms with Gasteiger partial charge in [0.05, 0.1) is 0 Å². The molecule has 0 saturated heterocycles. The van der Waals surface area contributed by atoms with Crippen molar-refractivity contribution >= 4 is 23.2 Å². The Kier molecular flexibility index (Phi) is 5.58. The van der Waals surface area contributed by atoms with Gasteiger partial charge in [-0.15, -0.1) is 0 Å². The lowest BCUT2D eigenvalue weighted by Crippen LogP contribution is -2.86. The summed E-state index contributed by atoms with van der Waals surface area (Å²) in [6.07, 6.45) is 0. The molecule has 2 aromatic rings. The lowest BCUT2D eigenvalue weighted by atomic mass is 10.1. The summed E-state index contributed by atoms with van der Waals surface area (Å²) in [5.74, 6) is 0.000770. The molecular formula is C18H22ClN2O+. The number of nitrogens with two attached hydrogens (primary N) is 1.